The summed E-state index contributed by atoms with van der Waals surface area (Å²) >= 11 is 0. The van der Waals surface area contributed by atoms with Crippen molar-refractivity contribution in [1.82, 2.24) is 9.88 Å². The van der Waals surface area contributed by atoms with Gasteiger partial charge in [0.05, 0.1) is 31.0 Å². The SMILES string of the molecule is CCOC(=O)C1CCCN(C(=O)CN(C)c2ccc(C#N)nc2)C1. The fourth-order valence-electron chi connectivity index (χ4n) is 2.73. The van der Waals surface area contributed by atoms with Crippen LogP contribution in [-0.4, -0.2) is 55.0 Å². The second-order valence-electron chi connectivity index (χ2n) is 5.80. The lowest BCUT2D eigenvalue weighted by molar-refractivity contribution is -0.151. The molecule has 0 radical (unpaired) electrons. The summed E-state index contributed by atoms with van der Waals surface area (Å²) < 4.78 is 5.06. The van der Waals surface area contributed by atoms with E-state index in [9.17, 15) is 9.59 Å². The van der Waals surface area contributed by atoms with Crippen LogP contribution in [0.15, 0.2) is 18.3 Å². The van der Waals surface area contributed by atoms with Gasteiger partial charge in [-0.05, 0) is 31.9 Å². The molecule has 1 aromatic rings. The number of aromatic nitrogens is 1. The topological polar surface area (TPSA) is 86.5 Å². The maximum atomic E-state index is 12.5. The molecule has 0 bridgehead atoms. The number of likely N-dealkylation sites (N-methyl/N-ethyl adjacent to an activating group) is 1. The molecule has 1 atom stereocenters. The molecule has 2 rings (SSSR count). The van der Waals surface area contributed by atoms with E-state index in [0.29, 0.717) is 25.4 Å². The van der Waals surface area contributed by atoms with Crippen molar-refractivity contribution < 1.29 is 14.3 Å². The van der Waals surface area contributed by atoms with Crippen molar-refractivity contribution in [2.45, 2.75) is 19.8 Å². The highest BCUT2D eigenvalue weighted by molar-refractivity contribution is 5.82. The minimum atomic E-state index is -0.232. The zero-order valence-corrected chi connectivity index (χ0v) is 14.1. The monoisotopic (exact) mass is 330 g/mol. The second-order valence-corrected chi connectivity index (χ2v) is 5.80. The molecule has 1 fully saturated rings. The van der Waals surface area contributed by atoms with Crippen LogP contribution in [0.2, 0.25) is 0 Å². The van der Waals surface area contributed by atoms with E-state index < -0.39 is 0 Å². The number of hydrogen-bond acceptors (Lipinski definition) is 6. The first kappa shape index (κ1) is 17.7. The molecule has 7 nitrogen and oxygen atoms in total. The van der Waals surface area contributed by atoms with Crippen LogP contribution in [0.4, 0.5) is 5.69 Å². The van der Waals surface area contributed by atoms with Crippen LogP contribution in [0.5, 0.6) is 0 Å². The molecule has 0 spiro atoms. The van der Waals surface area contributed by atoms with Gasteiger partial charge in [-0.2, -0.15) is 5.26 Å². The Balaban J connectivity index is 1.93. The van der Waals surface area contributed by atoms with Crippen LogP contribution in [0.25, 0.3) is 0 Å². The molecule has 1 aromatic heterocycles. The Kier molecular flexibility index (Phi) is 6.13. The first-order valence-corrected chi connectivity index (χ1v) is 8.06. The summed E-state index contributed by atoms with van der Waals surface area (Å²) in [5.41, 5.74) is 1.10. The molecule has 128 valence electrons. The number of hydrogen-bond donors (Lipinski definition) is 0. The standard InChI is InChI=1S/C17H22N4O3/c1-3-24-17(23)13-5-4-8-21(11-13)16(22)12-20(2)15-7-6-14(9-18)19-10-15/h6-7,10,13H,3-5,8,11-12H2,1-2H3. The number of anilines is 1. The minimum absolute atomic E-state index is 0.0316. The lowest BCUT2D eigenvalue weighted by atomic mass is 9.98. The van der Waals surface area contributed by atoms with Crippen molar-refractivity contribution in [3.05, 3.63) is 24.0 Å². The molecule has 24 heavy (non-hydrogen) atoms. The summed E-state index contributed by atoms with van der Waals surface area (Å²) in [6.07, 6.45) is 3.14. The number of nitriles is 1. The number of rotatable bonds is 5. The molecule has 0 aromatic carbocycles. The highest BCUT2D eigenvalue weighted by Gasteiger charge is 2.29. The Bertz CT molecular complexity index is 624. The van der Waals surface area contributed by atoms with Crippen molar-refractivity contribution in [1.29, 1.82) is 5.26 Å². The van der Waals surface area contributed by atoms with Crippen LogP contribution in [0.3, 0.4) is 0 Å². The average Bonchev–Trinajstić information content (AvgIpc) is 2.62. The smallest absolute Gasteiger partial charge is 0.310 e. The van der Waals surface area contributed by atoms with E-state index in [-0.39, 0.29) is 24.3 Å². The molecular formula is C17H22N4O3. The molecular weight excluding hydrogens is 308 g/mol. The molecule has 0 saturated carbocycles. The number of carbonyl (C=O) groups is 2. The normalized spacial score (nSPS) is 17.0. The third kappa shape index (κ3) is 4.44. The maximum Gasteiger partial charge on any atom is 0.310 e. The number of likely N-dealkylation sites (tertiary alicyclic amines) is 1. The van der Waals surface area contributed by atoms with Gasteiger partial charge in [-0.1, -0.05) is 0 Å². The Morgan fingerprint density at radius 2 is 2.29 bits per heavy atom. The van der Waals surface area contributed by atoms with Gasteiger partial charge in [0, 0.05) is 20.1 Å². The van der Waals surface area contributed by atoms with E-state index in [1.807, 2.05) is 6.07 Å². The number of nitrogens with zero attached hydrogens (tertiary/aromatic N) is 4. The first-order chi connectivity index (χ1) is 11.5. The van der Waals surface area contributed by atoms with Crippen LogP contribution in [0, 0.1) is 17.2 Å². The van der Waals surface area contributed by atoms with E-state index in [2.05, 4.69) is 4.98 Å². The zero-order chi connectivity index (χ0) is 17.5. The maximum absolute atomic E-state index is 12.5. The van der Waals surface area contributed by atoms with E-state index in [1.165, 1.54) is 0 Å². The number of carbonyl (C=O) groups excluding carboxylic acids is 2. The molecule has 1 saturated heterocycles. The Morgan fingerprint density at radius 1 is 1.50 bits per heavy atom. The van der Waals surface area contributed by atoms with Gasteiger partial charge >= 0.3 is 5.97 Å². The predicted molar refractivity (Wildman–Crippen MR) is 88.2 cm³/mol. The quantitative estimate of drug-likeness (QED) is 0.754. The Labute approximate surface area is 141 Å². The fourth-order valence-corrected chi connectivity index (χ4v) is 2.73. The Morgan fingerprint density at radius 3 is 2.92 bits per heavy atom. The summed E-state index contributed by atoms with van der Waals surface area (Å²) in [5, 5.41) is 8.77. The Hall–Kier alpha value is -2.62. The summed E-state index contributed by atoms with van der Waals surface area (Å²) in [6.45, 7) is 3.41. The minimum Gasteiger partial charge on any atom is -0.466 e. The van der Waals surface area contributed by atoms with Gasteiger partial charge in [-0.3, -0.25) is 9.59 Å². The second kappa shape index (κ2) is 8.29. The van der Waals surface area contributed by atoms with Crippen molar-refractivity contribution in [2.75, 3.05) is 38.2 Å². The molecule has 2 heterocycles. The van der Waals surface area contributed by atoms with Crippen molar-refractivity contribution >= 4 is 17.6 Å². The summed E-state index contributed by atoms with van der Waals surface area (Å²) in [4.78, 5) is 31.9. The summed E-state index contributed by atoms with van der Waals surface area (Å²) in [5.74, 6) is -0.486. The number of piperidine rings is 1. The lowest BCUT2D eigenvalue weighted by Gasteiger charge is -2.33. The highest BCUT2D eigenvalue weighted by Crippen LogP contribution is 2.19. The predicted octanol–water partition coefficient (Wildman–Crippen LogP) is 1.19. The van der Waals surface area contributed by atoms with Gasteiger partial charge in [-0.15, -0.1) is 0 Å². The number of amides is 1. The molecule has 7 heteroatoms. The van der Waals surface area contributed by atoms with E-state index >= 15 is 0 Å². The van der Waals surface area contributed by atoms with E-state index in [4.69, 9.17) is 10.00 Å². The zero-order valence-electron chi connectivity index (χ0n) is 14.1. The average molecular weight is 330 g/mol. The van der Waals surface area contributed by atoms with Gasteiger partial charge in [-0.25, -0.2) is 4.98 Å². The van der Waals surface area contributed by atoms with E-state index in [0.717, 1.165) is 18.5 Å². The highest BCUT2D eigenvalue weighted by atomic mass is 16.5. The largest absolute Gasteiger partial charge is 0.466 e. The molecule has 1 aliphatic rings. The molecule has 0 N–H and O–H groups in total. The molecule has 1 amide bonds. The molecule has 1 unspecified atom stereocenters. The van der Waals surface area contributed by atoms with Crippen molar-refractivity contribution in [2.24, 2.45) is 5.92 Å². The molecule has 1 aliphatic heterocycles. The lowest BCUT2D eigenvalue weighted by Crippen LogP contribution is -2.46. The van der Waals surface area contributed by atoms with Crippen LogP contribution < -0.4 is 4.90 Å². The first-order valence-electron chi connectivity index (χ1n) is 8.06. The van der Waals surface area contributed by atoms with Gasteiger partial charge in [0.1, 0.15) is 11.8 Å². The van der Waals surface area contributed by atoms with Crippen LogP contribution in [0.1, 0.15) is 25.5 Å². The van der Waals surface area contributed by atoms with Crippen molar-refractivity contribution in [3.8, 4) is 6.07 Å². The summed E-state index contributed by atoms with van der Waals surface area (Å²) in [7, 11) is 1.80. The van der Waals surface area contributed by atoms with Crippen LogP contribution >= 0.6 is 0 Å². The van der Waals surface area contributed by atoms with Gasteiger partial charge in [0.25, 0.3) is 0 Å². The van der Waals surface area contributed by atoms with E-state index in [1.54, 1.807) is 42.1 Å². The van der Waals surface area contributed by atoms with Crippen LogP contribution in [-0.2, 0) is 14.3 Å². The third-order valence-corrected chi connectivity index (χ3v) is 4.07. The number of esters is 1. The number of ether oxygens (including phenoxy) is 1. The summed E-state index contributed by atoms with van der Waals surface area (Å²) in [6, 6.07) is 5.34. The number of pyridine rings is 1. The fraction of sp³-hybridized carbons (Fsp3) is 0.529. The van der Waals surface area contributed by atoms with Crippen molar-refractivity contribution in [3.63, 3.8) is 0 Å². The van der Waals surface area contributed by atoms with Gasteiger partial charge in [0.15, 0.2) is 0 Å². The van der Waals surface area contributed by atoms with Gasteiger partial charge in [0.2, 0.25) is 5.91 Å². The molecule has 0 aliphatic carbocycles. The third-order valence-electron chi connectivity index (χ3n) is 4.07. The van der Waals surface area contributed by atoms with Gasteiger partial charge < -0.3 is 14.5 Å².